The summed E-state index contributed by atoms with van der Waals surface area (Å²) in [4.78, 5) is 8.73. The second-order valence-electron chi connectivity index (χ2n) is 3.89. The number of para-hydroxylation sites is 1. The predicted octanol–water partition coefficient (Wildman–Crippen LogP) is 1.46. The molecule has 0 bridgehead atoms. The number of nitrogens with one attached hydrogen (secondary N) is 2. The molecule has 1 heterocycles. The van der Waals surface area contributed by atoms with E-state index < -0.39 is 0 Å². The molecule has 5 nitrogen and oxygen atoms in total. The second-order valence-corrected chi connectivity index (χ2v) is 3.89. The van der Waals surface area contributed by atoms with Crippen LogP contribution in [0.1, 0.15) is 6.92 Å². The zero-order valence-electron chi connectivity index (χ0n) is 9.94. The monoisotopic (exact) mass is 232 g/mol. The van der Waals surface area contributed by atoms with Crippen molar-refractivity contribution in [2.75, 3.05) is 24.3 Å². The van der Waals surface area contributed by atoms with E-state index in [9.17, 15) is 0 Å². The molecule has 5 heteroatoms. The topological polar surface area (TPSA) is 70.1 Å². The van der Waals surface area contributed by atoms with E-state index in [1.54, 1.807) is 7.05 Å². The van der Waals surface area contributed by atoms with E-state index in [1.165, 1.54) is 0 Å². The fourth-order valence-electron chi connectivity index (χ4n) is 1.58. The first kappa shape index (κ1) is 11.6. The third-order valence-electron chi connectivity index (χ3n) is 2.48. The normalized spacial score (nSPS) is 12.4. The van der Waals surface area contributed by atoms with Crippen molar-refractivity contribution in [3.63, 3.8) is 0 Å². The summed E-state index contributed by atoms with van der Waals surface area (Å²) in [6, 6.07) is 7.74. The fraction of sp³-hybridized carbons (Fsp3) is 0.333. The number of hydrogen-bond donors (Lipinski definition) is 3. The molecule has 2 aromatic rings. The summed E-state index contributed by atoms with van der Waals surface area (Å²) in [5, 5.41) is 16.1. The van der Waals surface area contributed by atoms with E-state index in [1.807, 2.05) is 31.2 Å². The van der Waals surface area contributed by atoms with Crippen molar-refractivity contribution in [2.24, 2.45) is 0 Å². The van der Waals surface area contributed by atoms with Crippen molar-refractivity contribution in [3.05, 3.63) is 24.3 Å². The number of benzene rings is 1. The van der Waals surface area contributed by atoms with Gasteiger partial charge in [0.05, 0.1) is 12.1 Å². The number of nitrogens with zero attached hydrogens (tertiary/aromatic N) is 2. The quantitative estimate of drug-likeness (QED) is 0.744. The molecule has 17 heavy (non-hydrogen) atoms. The van der Waals surface area contributed by atoms with Crippen LogP contribution in [-0.2, 0) is 0 Å². The summed E-state index contributed by atoms with van der Waals surface area (Å²) in [6.45, 7) is 1.96. The molecule has 1 aromatic carbocycles. The van der Waals surface area contributed by atoms with Crippen LogP contribution in [0.3, 0.4) is 0 Å². The van der Waals surface area contributed by atoms with Crippen LogP contribution >= 0.6 is 0 Å². The molecule has 0 aliphatic heterocycles. The Balaban J connectivity index is 2.50. The summed E-state index contributed by atoms with van der Waals surface area (Å²) in [6.07, 6.45) is 0. The van der Waals surface area contributed by atoms with Gasteiger partial charge in [-0.1, -0.05) is 12.1 Å². The van der Waals surface area contributed by atoms with Gasteiger partial charge in [0.25, 0.3) is 0 Å². The van der Waals surface area contributed by atoms with E-state index in [0.717, 1.165) is 16.7 Å². The van der Waals surface area contributed by atoms with Crippen molar-refractivity contribution in [1.29, 1.82) is 0 Å². The largest absolute Gasteiger partial charge is 0.394 e. The Bertz CT molecular complexity index is 515. The zero-order chi connectivity index (χ0) is 12.3. The van der Waals surface area contributed by atoms with E-state index in [-0.39, 0.29) is 12.6 Å². The van der Waals surface area contributed by atoms with Gasteiger partial charge in [0.2, 0.25) is 5.95 Å². The van der Waals surface area contributed by atoms with Crippen LogP contribution in [0.5, 0.6) is 0 Å². The van der Waals surface area contributed by atoms with Crippen LogP contribution in [-0.4, -0.2) is 34.8 Å². The summed E-state index contributed by atoms with van der Waals surface area (Å²) in [5.41, 5.74) is 0.875. The van der Waals surface area contributed by atoms with Gasteiger partial charge < -0.3 is 15.7 Å². The van der Waals surface area contributed by atoms with Crippen LogP contribution in [0.4, 0.5) is 11.8 Å². The lowest BCUT2D eigenvalue weighted by molar-refractivity contribution is 0.281. The fourth-order valence-corrected chi connectivity index (χ4v) is 1.58. The Hall–Kier alpha value is -1.88. The average molecular weight is 232 g/mol. The number of aliphatic hydroxyl groups is 1. The minimum atomic E-state index is -0.0435. The third kappa shape index (κ3) is 2.45. The highest BCUT2D eigenvalue weighted by Crippen LogP contribution is 2.22. The minimum absolute atomic E-state index is 0.0435. The first-order valence-electron chi connectivity index (χ1n) is 5.56. The van der Waals surface area contributed by atoms with Gasteiger partial charge in [-0.25, -0.2) is 4.98 Å². The summed E-state index contributed by atoms with van der Waals surface area (Å²) in [7, 11) is 1.78. The highest BCUT2D eigenvalue weighted by atomic mass is 16.3. The molecular formula is C12H16N4O. The van der Waals surface area contributed by atoms with Gasteiger partial charge >= 0.3 is 0 Å². The lowest BCUT2D eigenvalue weighted by Crippen LogP contribution is -2.20. The van der Waals surface area contributed by atoms with Crippen molar-refractivity contribution < 1.29 is 5.11 Å². The SMILES string of the molecule is CNc1nc(NC(C)CO)c2ccccc2n1. The molecule has 0 radical (unpaired) electrons. The molecule has 0 amide bonds. The minimum Gasteiger partial charge on any atom is -0.394 e. The molecule has 0 fully saturated rings. The third-order valence-corrected chi connectivity index (χ3v) is 2.48. The maximum absolute atomic E-state index is 9.07. The van der Waals surface area contributed by atoms with Crippen molar-refractivity contribution in [3.8, 4) is 0 Å². The highest BCUT2D eigenvalue weighted by Gasteiger charge is 2.08. The maximum atomic E-state index is 9.07. The molecule has 0 saturated heterocycles. The van der Waals surface area contributed by atoms with Crippen molar-refractivity contribution >= 4 is 22.7 Å². The van der Waals surface area contributed by atoms with Gasteiger partial charge in [0.1, 0.15) is 5.82 Å². The standard InChI is InChI=1S/C12H16N4O/c1-8(7-17)14-11-9-5-3-4-6-10(9)15-12(13-2)16-11/h3-6,8,17H,7H2,1-2H3,(H2,13,14,15,16). The number of anilines is 2. The molecule has 1 aromatic heterocycles. The van der Waals surface area contributed by atoms with E-state index in [2.05, 4.69) is 20.6 Å². The molecule has 0 aliphatic rings. The molecule has 0 spiro atoms. The van der Waals surface area contributed by atoms with Gasteiger partial charge in [0, 0.05) is 18.5 Å². The lowest BCUT2D eigenvalue weighted by atomic mass is 10.2. The van der Waals surface area contributed by atoms with Crippen molar-refractivity contribution in [2.45, 2.75) is 13.0 Å². The average Bonchev–Trinajstić information content (AvgIpc) is 2.38. The van der Waals surface area contributed by atoms with E-state index in [4.69, 9.17) is 5.11 Å². The molecule has 3 N–H and O–H groups in total. The molecular weight excluding hydrogens is 216 g/mol. The molecule has 2 rings (SSSR count). The Labute approximate surface area is 99.9 Å². The van der Waals surface area contributed by atoms with Gasteiger partial charge in [-0.15, -0.1) is 0 Å². The van der Waals surface area contributed by atoms with Crippen molar-refractivity contribution in [1.82, 2.24) is 9.97 Å². The number of aliphatic hydroxyl groups excluding tert-OH is 1. The summed E-state index contributed by atoms with van der Waals surface area (Å²) in [5.74, 6) is 1.30. The van der Waals surface area contributed by atoms with Crippen LogP contribution in [0.15, 0.2) is 24.3 Å². The number of hydrogen-bond acceptors (Lipinski definition) is 5. The highest BCUT2D eigenvalue weighted by molar-refractivity contribution is 5.90. The molecule has 0 saturated carbocycles. The van der Waals surface area contributed by atoms with Crippen LogP contribution in [0, 0.1) is 0 Å². The maximum Gasteiger partial charge on any atom is 0.224 e. The lowest BCUT2D eigenvalue weighted by Gasteiger charge is -2.14. The predicted molar refractivity (Wildman–Crippen MR) is 69.3 cm³/mol. The van der Waals surface area contributed by atoms with Gasteiger partial charge in [-0.2, -0.15) is 4.98 Å². The van der Waals surface area contributed by atoms with Crippen LogP contribution in [0.25, 0.3) is 10.9 Å². The van der Waals surface area contributed by atoms with Gasteiger partial charge in [-0.05, 0) is 19.1 Å². The Kier molecular flexibility index (Phi) is 3.39. The number of aromatic nitrogens is 2. The smallest absolute Gasteiger partial charge is 0.224 e. The zero-order valence-corrected chi connectivity index (χ0v) is 9.94. The first-order valence-corrected chi connectivity index (χ1v) is 5.56. The second kappa shape index (κ2) is 4.97. The Morgan fingerprint density at radius 3 is 2.76 bits per heavy atom. The molecule has 0 aliphatic carbocycles. The summed E-state index contributed by atoms with van der Waals surface area (Å²) < 4.78 is 0. The number of rotatable bonds is 4. The molecule has 1 atom stereocenters. The molecule has 1 unspecified atom stereocenters. The van der Waals surface area contributed by atoms with Crippen LogP contribution < -0.4 is 10.6 Å². The number of fused-ring (bicyclic) bond motifs is 1. The van der Waals surface area contributed by atoms with E-state index in [0.29, 0.717) is 5.95 Å². The summed E-state index contributed by atoms with van der Waals surface area (Å²) >= 11 is 0. The van der Waals surface area contributed by atoms with Gasteiger partial charge in [-0.3, -0.25) is 0 Å². The van der Waals surface area contributed by atoms with Crippen LogP contribution in [0.2, 0.25) is 0 Å². The van der Waals surface area contributed by atoms with Gasteiger partial charge in [0.15, 0.2) is 0 Å². The Morgan fingerprint density at radius 1 is 1.29 bits per heavy atom. The van der Waals surface area contributed by atoms with E-state index >= 15 is 0 Å². The first-order chi connectivity index (χ1) is 8.24. The molecule has 90 valence electrons. The Morgan fingerprint density at radius 2 is 2.06 bits per heavy atom.